The Morgan fingerprint density at radius 2 is 1.68 bits per heavy atom. The molecule has 1 aliphatic carbocycles. The Bertz CT molecular complexity index is 864. The first-order valence-electron chi connectivity index (χ1n) is 9.38. The summed E-state index contributed by atoms with van der Waals surface area (Å²) in [4.78, 5) is 4.52. The highest BCUT2D eigenvalue weighted by molar-refractivity contribution is 5.91. The lowest BCUT2D eigenvalue weighted by atomic mass is 9.84. The van der Waals surface area contributed by atoms with Gasteiger partial charge >= 0.3 is 0 Å². The summed E-state index contributed by atoms with van der Waals surface area (Å²) in [5.74, 6) is 2.75. The summed E-state index contributed by atoms with van der Waals surface area (Å²) in [6, 6.07) is 16.6. The van der Waals surface area contributed by atoms with Crippen LogP contribution in [0.2, 0.25) is 0 Å². The van der Waals surface area contributed by atoms with Crippen molar-refractivity contribution in [2.75, 3.05) is 0 Å². The van der Waals surface area contributed by atoms with Crippen molar-refractivity contribution in [2.24, 2.45) is 0 Å². The molecule has 0 aliphatic heterocycles. The van der Waals surface area contributed by atoms with Gasteiger partial charge in [0.15, 0.2) is 0 Å². The predicted molar refractivity (Wildman–Crippen MR) is 104 cm³/mol. The number of nitrogens with zero attached hydrogens (tertiary/aromatic N) is 1. The normalized spacial score (nSPS) is 15.2. The highest BCUT2D eigenvalue weighted by Crippen LogP contribution is 2.43. The number of aromatic nitrogens is 1. The van der Waals surface area contributed by atoms with Crippen LogP contribution in [0.1, 0.15) is 62.5 Å². The van der Waals surface area contributed by atoms with Crippen molar-refractivity contribution in [1.29, 1.82) is 0 Å². The van der Waals surface area contributed by atoms with Gasteiger partial charge < -0.3 is 4.74 Å². The minimum Gasteiger partial charge on any atom is -0.438 e. The van der Waals surface area contributed by atoms with Crippen molar-refractivity contribution in [3.05, 3.63) is 65.9 Å². The number of benzene rings is 2. The number of rotatable bonds is 4. The van der Waals surface area contributed by atoms with Crippen molar-refractivity contribution < 1.29 is 4.74 Å². The Balaban J connectivity index is 1.86. The van der Waals surface area contributed by atoms with Crippen molar-refractivity contribution in [2.45, 2.75) is 51.4 Å². The van der Waals surface area contributed by atoms with Gasteiger partial charge in [0.05, 0.1) is 0 Å². The average Bonchev–Trinajstić information content (AvgIpc) is 3.16. The number of ether oxygens (including phenoxy) is 1. The summed E-state index contributed by atoms with van der Waals surface area (Å²) in [6.45, 7) is 4.59. The molecule has 3 aromatic rings. The zero-order valence-electron chi connectivity index (χ0n) is 15.0. The summed E-state index contributed by atoms with van der Waals surface area (Å²) in [6.07, 6.45) is 7.18. The molecule has 4 rings (SSSR count). The molecule has 1 aliphatic rings. The molecule has 0 N–H and O–H groups in total. The monoisotopic (exact) mass is 331 g/mol. The topological polar surface area (TPSA) is 22.1 Å². The Hall–Kier alpha value is -2.35. The zero-order valence-corrected chi connectivity index (χ0v) is 15.0. The van der Waals surface area contributed by atoms with E-state index in [2.05, 4.69) is 37.0 Å². The van der Waals surface area contributed by atoms with Crippen LogP contribution >= 0.6 is 0 Å². The molecule has 1 fully saturated rings. The lowest BCUT2D eigenvalue weighted by Gasteiger charge is -2.21. The summed E-state index contributed by atoms with van der Waals surface area (Å²) in [7, 11) is 0. The molecule has 0 atom stereocenters. The Morgan fingerprint density at radius 3 is 2.40 bits per heavy atom. The quantitative estimate of drug-likeness (QED) is 0.524. The standard InChI is InChI=1S/C23H25NO/c1-16(2)19-12-13-21-20(22(19)17-8-6-7-9-17)14-15-24-23(21)25-18-10-4-3-5-11-18/h3-5,10-17H,6-9H2,1-2H3. The molecular weight excluding hydrogens is 306 g/mol. The fourth-order valence-electron chi connectivity index (χ4n) is 4.12. The zero-order chi connectivity index (χ0) is 17.2. The number of pyridine rings is 1. The summed E-state index contributed by atoms with van der Waals surface area (Å²) in [5.41, 5.74) is 3.02. The van der Waals surface area contributed by atoms with Gasteiger partial charge in [0, 0.05) is 11.6 Å². The molecule has 0 unspecified atom stereocenters. The fourth-order valence-corrected chi connectivity index (χ4v) is 4.12. The molecule has 2 aromatic carbocycles. The van der Waals surface area contributed by atoms with Crippen molar-refractivity contribution in [1.82, 2.24) is 4.98 Å². The first-order chi connectivity index (χ1) is 12.2. The van der Waals surface area contributed by atoms with E-state index in [1.165, 1.54) is 42.2 Å². The van der Waals surface area contributed by atoms with Crippen LogP contribution in [0.4, 0.5) is 0 Å². The van der Waals surface area contributed by atoms with E-state index in [4.69, 9.17) is 4.74 Å². The Kier molecular flexibility index (Phi) is 4.44. The van der Waals surface area contributed by atoms with Crippen LogP contribution < -0.4 is 4.74 Å². The third kappa shape index (κ3) is 3.13. The van der Waals surface area contributed by atoms with E-state index < -0.39 is 0 Å². The molecule has 128 valence electrons. The van der Waals surface area contributed by atoms with E-state index in [9.17, 15) is 0 Å². The molecule has 2 nitrogen and oxygen atoms in total. The van der Waals surface area contributed by atoms with Gasteiger partial charge in [-0.3, -0.25) is 0 Å². The largest absolute Gasteiger partial charge is 0.438 e. The van der Waals surface area contributed by atoms with E-state index in [-0.39, 0.29) is 0 Å². The molecule has 0 radical (unpaired) electrons. The molecule has 1 saturated carbocycles. The lowest BCUT2D eigenvalue weighted by Crippen LogP contribution is -2.03. The highest BCUT2D eigenvalue weighted by Gasteiger charge is 2.24. The third-order valence-electron chi connectivity index (χ3n) is 5.33. The maximum atomic E-state index is 6.10. The molecule has 0 bridgehead atoms. The Labute approximate surface area is 149 Å². The Morgan fingerprint density at radius 1 is 0.920 bits per heavy atom. The third-order valence-corrected chi connectivity index (χ3v) is 5.33. The van der Waals surface area contributed by atoms with Crippen LogP contribution in [0.25, 0.3) is 10.8 Å². The molecule has 0 amide bonds. The van der Waals surface area contributed by atoms with Gasteiger partial charge in [0.2, 0.25) is 5.88 Å². The van der Waals surface area contributed by atoms with Gasteiger partial charge in [0.25, 0.3) is 0 Å². The first-order valence-corrected chi connectivity index (χ1v) is 9.38. The second kappa shape index (κ2) is 6.87. The van der Waals surface area contributed by atoms with E-state index in [0.29, 0.717) is 17.7 Å². The molecular formula is C23H25NO. The molecule has 25 heavy (non-hydrogen) atoms. The highest BCUT2D eigenvalue weighted by atomic mass is 16.5. The number of hydrogen-bond donors (Lipinski definition) is 0. The number of hydrogen-bond acceptors (Lipinski definition) is 2. The van der Waals surface area contributed by atoms with Gasteiger partial charge in [0.1, 0.15) is 5.75 Å². The minimum atomic E-state index is 0.534. The van der Waals surface area contributed by atoms with Crippen molar-refractivity contribution in [3.63, 3.8) is 0 Å². The van der Waals surface area contributed by atoms with Crippen molar-refractivity contribution >= 4 is 10.8 Å². The molecule has 0 saturated heterocycles. The van der Waals surface area contributed by atoms with E-state index in [1.807, 2.05) is 36.5 Å². The molecule has 1 aromatic heterocycles. The van der Waals surface area contributed by atoms with Gasteiger partial charge in [-0.1, -0.05) is 51.0 Å². The van der Waals surface area contributed by atoms with Crippen LogP contribution in [0.3, 0.4) is 0 Å². The van der Waals surface area contributed by atoms with Gasteiger partial charge in [-0.25, -0.2) is 4.98 Å². The van der Waals surface area contributed by atoms with Gasteiger partial charge in [-0.05, 0) is 65.5 Å². The van der Waals surface area contributed by atoms with E-state index in [0.717, 1.165) is 11.1 Å². The average molecular weight is 331 g/mol. The van der Waals surface area contributed by atoms with Crippen LogP contribution in [0.5, 0.6) is 11.6 Å². The number of fused-ring (bicyclic) bond motifs is 1. The summed E-state index contributed by atoms with van der Waals surface area (Å²) in [5, 5.41) is 2.44. The summed E-state index contributed by atoms with van der Waals surface area (Å²) >= 11 is 0. The van der Waals surface area contributed by atoms with Gasteiger partial charge in [-0.2, -0.15) is 0 Å². The van der Waals surface area contributed by atoms with Gasteiger partial charge in [-0.15, -0.1) is 0 Å². The molecule has 0 spiro atoms. The minimum absolute atomic E-state index is 0.534. The fraction of sp³-hybridized carbons (Fsp3) is 0.348. The van der Waals surface area contributed by atoms with Crippen molar-refractivity contribution in [3.8, 4) is 11.6 Å². The smallest absolute Gasteiger partial charge is 0.227 e. The predicted octanol–water partition coefficient (Wildman–Crippen LogP) is 6.81. The van der Waals surface area contributed by atoms with Crippen LogP contribution in [-0.2, 0) is 0 Å². The lowest BCUT2D eigenvalue weighted by molar-refractivity contribution is 0.469. The second-order valence-corrected chi connectivity index (χ2v) is 7.33. The first kappa shape index (κ1) is 16.1. The van der Waals surface area contributed by atoms with E-state index in [1.54, 1.807) is 0 Å². The van der Waals surface area contributed by atoms with Crippen LogP contribution in [0, 0.1) is 0 Å². The van der Waals surface area contributed by atoms with E-state index >= 15 is 0 Å². The SMILES string of the molecule is CC(C)c1ccc2c(Oc3ccccc3)nccc2c1C1CCCC1. The summed E-state index contributed by atoms with van der Waals surface area (Å²) < 4.78 is 6.10. The second-order valence-electron chi connectivity index (χ2n) is 7.33. The number of para-hydroxylation sites is 1. The molecule has 1 heterocycles. The maximum absolute atomic E-state index is 6.10. The maximum Gasteiger partial charge on any atom is 0.227 e. The molecule has 2 heteroatoms. The van der Waals surface area contributed by atoms with Crippen LogP contribution in [0.15, 0.2) is 54.7 Å². The van der Waals surface area contributed by atoms with Crippen LogP contribution in [-0.4, -0.2) is 4.98 Å².